The molecule has 1 N–H and O–H groups in total. The molecule has 31 heavy (non-hydrogen) atoms. The van der Waals surface area contributed by atoms with Gasteiger partial charge < -0.3 is 14.5 Å². The Bertz CT molecular complexity index is 1400. The lowest BCUT2D eigenvalue weighted by molar-refractivity contribution is 0.102. The molecule has 0 aliphatic carbocycles. The summed E-state index contributed by atoms with van der Waals surface area (Å²) in [5.74, 6) is 0.448. The Hall–Kier alpha value is -4.12. The summed E-state index contributed by atoms with van der Waals surface area (Å²) in [6.45, 7) is 2.37. The summed E-state index contributed by atoms with van der Waals surface area (Å²) < 4.78 is 7.90. The van der Waals surface area contributed by atoms with Crippen molar-refractivity contribution >= 4 is 28.0 Å². The number of aromatic nitrogens is 2. The maximum absolute atomic E-state index is 12.9. The van der Waals surface area contributed by atoms with E-state index in [2.05, 4.69) is 10.3 Å². The van der Waals surface area contributed by atoms with E-state index >= 15 is 0 Å². The molecule has 5 rings (SSSR count). The van der Waals surface area contributed by atoms with Gasteiger partial charge in [-0.3, -0.25) is 4.79 Å². The first-order valence-corrected chi connectivity index (χ1v) is 10.1. The number of carbonyl (C=O) groups is 1. The van der Waals surface area contributed by atoms with Gasteiger partial charge in [-0.1, -0.05) is 48.5 Å². The number of hydrogen-bond acceptors (Lipinski definition) is 3. The fraction of sp³-hybridized carbons (Fsp3) is 0.0769. The lowest BCUT2D eigenvalue weighted by Gasteiger charge is -2.10. The standard InChI is InChI=1S/C26H21N3O2/c1-18-12-13-25-27-21(16-29(25)15-18)17-31-22-9-4-8-20(14-22)26(30)28-24-11-5-7-19-6-2-3-10-23(19)24/h2-16H,17H2,1H3,(H,28,30). The molecule has 2 aromatic heterocycles. The molecule has 0 radical (unpaired) electrons. The van der Waals surface area contributed by atoms with Crippen molar-refractivity contribution in [1.82, 2.24) is 9.38 Å². The van der Waals surface area contributed by atoms with Crippen molar-refractivity contribution in [1.29, 1.82) is 0 Å². The Morgan fingerprint density at radius 3 is 2.74 bits per heavy atom. The Kier molecular flexibility index (Phi) is 4.84. The molecule has 5 nitrogen and oxygen atoms in total. The van der Waals surface area contributed by atoms with Crippen molar-refractivity contribution in [3.8, 4) is 5.75 Å². The lowest BCUT2D eigenvalue weighted by Crippen LogP contribution is -2.12. The van der Waals surface area contributed by atoms with E-state index in [-0.39, 0.29) is 5.91 Å². The van der Waals surface area contributed by atoms with E-state index < -0.39 is 0 Å². The highest BCUT2D eigenvalue weighted by molar-refractivity contribution is 6.09. The van der Waals surface area contributed by atoms with E-state index in [1.54, 1.807) is 12.1 Å². The fourth-order valence-electron chi connectivity index (χ4n) is 3.64. The third-order valence-electron chi connectivity index (χ3n) is 5.17. The Balaban J connectivity index is 1.31. The smallest absolute Gasteiger partial charge is 0.255 e. The highest BCUT2D eigenvalue weighted by atomic mass is 16.5. The van der Waals surface area contributed by atoms with Gasteiger partial charge in [-0.15, -0.1) is 0 Å². The fourth-order valence-corrected chi connectivity index (χ4v) is 3.64. The number of hydrogen-bond donors (Lipinski definition) is 1. The molecule has 0 atom stereocenters. The van der Waals surface area contributed by atoms with Crippen molar-refractivity contribution in [2.45, 2.75) is 13.5 Å². The predicted octanol–water partition coefficient (Wildman–Crippen LogP) is 5.63. The number of imidazole rings is 1. The van der Waals surface area contributed by atoms with Crippen molar-refractivity contribution in [2.24, 2.45) is 0 Å². The molecule has 0 spiro atoms. The molecule has 0 fully saturated rings. The largest absolute Gasteiger partial charge is 0.487 e. The number of nitrogens with one attached hydrogen (secondary N) is 1. The normalized spacial score (nSPS) is 11.0. The maximum atomic E-state index is 12.9. The Morgan fingerprint density at radius 2 is 1.81 bits per heavy atom. The van der Waals surface area contributed by atoms with Crippen molar-refractivity contribution < 1.29 is 9.53 Å². The molecule has 0 unspecified atom stereocenters. The monoisotopic (exact) mass is 407 g/mol. The zero-order chi connectivity index (χ0) is 21.2. The summed E-state index contributed by atoms with van der Waals surface area (Å²) in [4.78, 5) is 17.4. The van der Waals surface area contributed by atoms with Crippen molar-refractivity contribution in [3.63, 3.8) is 0 Å². The minimum atomic E-state index is -0.176. The first kappa shape index (κ1) is 18.9. The molecule has 0 aliphatic rings. The van der Waals surface area contributed by atoms with Gasteiger partial charge in [0.05, 0.1) is 5.69 Å². The van der Waals surface area contributed by atoms with Gasteiger partial charge in [0.2, 0.25) is 0 Å². The van der Waals surface area contributed by atoms with E-state index in [4.69, 9.17) is 4.74 Å². The van der Waals surface area contributed by atoms with Crippen LogP contribution in [-0.2, 0) is 6.61 Å². The van der Waals surface area contributed by atoms with Gasteiger partial charge in [-0.2, -0.15) is 0 Å². The van der Waals surface area contributed by atoms with Gasteiger partial charge in [0.25, 0.3) is 5.91 Å². The number of ether oxygens (including phenoxy) is 1. The minimum Gasteiger partial charge on any atom is -0.487 e. The van der Waals surface area contributed by atoms with E-state index in [0.29, 0.717) is 17.9 Å². The highest BCUT2D eigenvalue weighted by Crippen LogP contribution is 2.24. The van der Waals surface area contributed by atoms with Crippen LogP contribution in [0.25, 0.3) is 16.4 Å². The minimum absolute atomic E-state index is 0.176. The van der Waals surface area contributed by atoms with Crippen LogP contribution in [0.2, 0.25) is 0 Å². The number of anilines is 1. The second-order valence-corrected chi connectivity index (χ2v) is 7.50. The quantitative estimate of drug-likeness (QED) is 0.411. The lowest BCUT2D eigenvalue weighted by atomic mass is 10.1. The molecule has 5 aromatic rings. The van der Waals surface area contributed by atoms with Crippen LogP contribution < -0.4 is 10.1 Å². The van der Waals surface area contributed by atoms with Crippen molar-refractivity contribution in [2.75, 3.05) is 5.32 Å². The molecule has 0 saturated heterocycles. The second-order valence-electron chi connectivity index (χ2n) is 7.50. The van der Waals surface area contributed by atoms with Crippen LogP contribution in [0, 0.1) is 6.92 Å². The predicted molar refractivity (Wildman–Crippen MR) is 123 cm³/mol. The first-order valence-electron chi connectivity index (χ1n) is 10.1. The summed E-state index contributed by atoms with van der Waals surface area (Å²) >= 11 is 0. The van der Waals surface area contributed by atoms with Crippen LogP contribution in [0.15, 0.2) is 91.3 Å². The first-order chi connectivity index (χ1) is 15.2. The van der Waals surface area contributed by atoms with E-state index in [9.17, 15) is 4.79 Å². The van der Waals surface area contributed by atoms with Crippen LogP contribution in [0.4, 0.5) is 5.69 Å². The molecular formula is C26H21N3O2. The topological polar surface area (TPSA) is 55.6 Å². The highest BCUT2D eigenvalue weighted by Gasteiger charge is 2.10. The molecule has 152 valence electrons. The number of carbonyl (C=O) groups excluding carboxylic acids is 1. The average Bonchev–Trinajstić information content (AvgIpc) is 3.20. The SMILES string of the molecule is Cc1ccc2nc(COc3cccc(C(=O)Nc4cccc5ccccc45)c3)cn2c1. The van der Waals surface area contributed by atoms with Gasteiger partial charge in [0.1, 0.15) is 18.0 Å². The molecular weight excluding hydrogens is 386 g/mol. The Morgan fingerprint density at radius 1 is 0.968 bits per heavy atom. The van der Waals surface area contributed by atoms with Crippen LogP contribution in [-0.4, -0.2) is 15.3 Å². The summed E-state index contributed by atoms with van der Waals surface area (Å²) in [7, 11) is 0. The van der Waals surface area contributed by atoms with Crippen LogP contribution in [0.5, 0.6) is 5.75 Å². The van der Waals surface area contributed by atoms with Crippen molar-refractivity contribution in [3.05, 3.63) is 108 Å². The third-order valence-corrected chi connectivity index (χ3v) is 5.17. The van der Waals surface area contributed by atoms with Gasteiger partial charge in [-0.05, 0) is 48.2 Å². The number of fused-ring (bicyclic) bond motifs is 2. The number of aryl methyl sites for hydroxylation is 1. The number of pyridine rings is 1. The maximum Gasteiger partial charge on any atom is 0.255 e. The zero-order valence-electron chi connectivity index (χ0n) is 17.1. The van der Waals surface area contributed by atoms with E-state index in [0.717, 1.165) is 27.8 Å². The summed E-state index contributed by atoms with van der Waals surface area (Å²) in [6.07, 6.45) is 3.99. The molecule has 1 amide bonds. The Labute approximate surface area is 179 Å². The number of benzene rings is 3. The zero-order valence-corrected chi connectivity index (χ0v) is 17.1. The van der Waals surface area contributed by atoms with Gasteiger partial charge in [0, 0.05) is 29.0 Å². The molecule has 2 heterocycles. The second kappa shape index (κ2) is 7.95. The number of amides is 1. The summed E-state index contributed by atoms with van der Waals surface area (Å²) in [5, 5.41) is 5.11. The number of rotatable bonds is 5. The molecule has 5 heteroatoms. The van der Waals surface area contributed by atoms with Gasteiger partial charge >= 0.3 is 0 Å². The molecule has 0 bridgehead atoms. The average molecular weight is 407 g/mol. The number of nitrogens with zero attached hydrogens (tertiary/aromatic N) is 2. The van der Waals surface area contributed by atoms with Crippen LogP contribution in [0.1, 0.15) is 21.6 Å². The van der Waals surface area contributed by atoms with Gasteiger partial charge in [-0.25, -0.2) is 4.98 Å². The van der Waals surface area contributed by atoms with E-state index in [1.807, 2.05) is 90.4 Å². The van der Waals surface area contributed by atoms with E-state index in [1.165, 1.54) is 5.56 Å². The molecule has 3 aromatic carbocycles. The van der Waals surface area contributed by atoms with Crippen LogP contribution in [0.3, 0.4) is 0 Å². The summed E-state index contributed by atoms with van der Waals surface area (Å²) in [6, 6.07) is 25.1. The molecule has 0 saturated carbocycles. The molecule has 0 aliphatic heterocycles. The van der Waals surface area contributed by atoms with Crippen LogP contribution >= 0.6 is 0 Å². The summed E-state index contributed by atoms with van der Waals surface area (Å²) in [5.41, 5.74) is 4.20. The third kappa shape index (κ3) is 3.98. The van der Waals surface area contributed by atoms with Gasteiger partial charge in [0.15, 0.2) is 0 Å².